The maximum atomic E-state index is 5.78. The lowest BCUT2D eigenvalue weighted by atomic mass is 10.2. The maximum absolute atomic E-state index is 5.78. The highest BCUT2D eigenvalue weighted by molar-refractivity contribution is 5.62. The van der Waals surface area contributed by atoms with Gasteiger partial charge in [0.2, 0.25) is 5.89 Å². The highest BCUT2D eigenvalue weighted by Gasteiger charge is 2.14. The number of aromatic nitrogens is 1. The smallest absolute Gasteiger partial charge is 0.229 e. The predicted molar refractivity (Wildman–Crippen MR) is 110 cm³/mol. The van der Waals surface area contributed by atoms with Crippen molar-refractivity contribution in [2.75, 3.05) is 18.1 Å². The lowest BCUT2D eigenvalue weighted by Gasteiger charge is -2.23. The number of oxazole rings is 1. The van der Waals surface area contributed by atoms with Crippen LogP contribution in [-0.4, -0.2) is 18.1 Å². The van der Waals surface area contributed by atoms with E-state index in [1.165, 1.54) is 24.9 Å². The van der Waals surface area contributed by atoms with Crippen LogP contribution in [0.3, 0.4) is 0 Å². The van der Waals surface area contributed by atoms with Gasteiger partial charge in [-0.25, -0.2) is 4.98 Å². The van der Waals surface area contributed by atoms with Crippen LogP contribution in [0.5, 0.6) is 5.75 Å². The molecule has 2 aromatic carbocycles. The van der Waals surface area contributed by atoms with Crippen LogP contribution in [-0.2, 0) is 6.54 Å². The number of hydrogen-bond acceptors (Lipinski definition) is 4. The van der Waals surface area contributed by atoms with E-state index in [4.69, 9.17) is 14.1 Å². The summed E-state index contributed by atoms with van der Waals surface area (Å²) in [6.07, 6.45) is 5.37. The van der Waals surface area contributed by atoms with Gasteiger partial charge in [-0.05, 0) is 37.6 Å². The van der Waals surface area contributed by atoms with Crippen LogP contribution in [0.1, 0.15) is 38.8 Å². The van der Waals surface area contributed by atoms with Crippen LogP contribution >= 0.6 is 0 Å². The first-order valence-corrected chi connectivity index (χ1v) is 9.78. The van der Waals surface area contributed by atoms with Crippen molar-refractivity contribution in [1.82, 2.24) is 4.98 Å². The molecule has 0 radical (unpaired) electrons. The molecule has 0 saturated heterocycles. The Morgan fingerprint density at radius 1 is 0.963 bits per heavy atom. The largest absolute Gasteiger partial charge is 0.493 e. The Bertz CT molecular complexity index is 814. The topological polar surface area (TPSA) is 38.5 Å². The summed E-state index contributed by atoms with van der Waals surface area (Å²) in [5, 5.41) is 0. The van der Waals surface area contributed by atoms with E-state index in [1.54, 1.807) is 6.26 Å². The van der Waals surface area contributed by atoms with E-state index in [0.717, 1.165) is 30.1 Å². The van der Waals surface area contributed by atoms with E-state index >= 15 is 0 Å². The summed E-state index contributed by atoms with van der Waals surface area (Å²) in [6, 6.07) is 18.4. The molecule has 4 nitrogen and oxygen atoms in total. The molecule has 0 amide bonds. The van der Waals surface area contributed by atoms with Crippen molar-refractivity contribution < 1.29 is 9.15 Å². The van der Waals surface area contributed by atoms with Gasteiger partial charge in [0.25, 0.3) is 0 Å². The highest BCUT2D eigenvalue weighted by atomic mass is 16.5. The third-order valence-corrected chi connectivity index (χ3v) is 4.47. The Morgan fingerprint density at radius 2 is 1.74 bits per heavy atom. The minimum absolute atomic E-state index is 0.607. The molecule has 3 aromatic rings. The molecule has 4 heteroatoms. The molecule has 142 valence electrons. The molecule has 1 aromatic heterocycles. The van der Waals surface area contributed by atoms with E-state index in [1.807, 2.05) is 37.3 Å². The molecule has 27 heavy (non-hydrogen) atoms. The van der Waals surface area contributed by atoms with Crippen LogP contribution in [0, 0.1) is 0 Å². The van der Waals surface area contributed by atoms with Crippen molar-refractivity contribution in [3.8, 4) is 17.2 Å². The van der Waals surface area contributed by atoms with Crippen molar-refractivity contribution >= 4 is 5.69 Å². The van der Waals surface area contributed by atoms with Gasteiger partial charge in [-0.2, -0.15) is 0 Å². The van der Waals surface area contributed by atoms with Gasteiger partial charge in [-0.1, -0.05) is 50.1 Å². The SMILES string of the molecule is CCCCCN(Cc1coc(-c2ccccc2OCC)n1)c1ccccc1. The molecule has 0 N–H and O–H groups in total. The van der Waals surface area contributed by atoms with E-state index in [2.05, 4.69) is 36.1 Å². The summed E-state index contributed by atoms with van der Waals surface area (Å²) in [6.45, 7) is 6.56. The Kier molecular flexibility index (Phi) is 6.91. The average Bonchev–Trinajstić information content (AvgIpc) is 3.17. The normalized spacial score (nSPS) is 10.7. The van der Waals surface area contributed by atoms with Gasteiger partial charge in [-0.3, -0.25) is 0 Å². The van der Waals surface area contributed by atoms with E-state index in [0.29, 0.717) is 12.5 Å². The zero-order valence-corrected chi connectivity index (χ0v) is 16.2. The fourth-order valence-corrected chi connectivity index (χ4v) is 3.11. The molecule has 0 atom stereocenters. The van der Waals surface area contributed by atoms with Gasteiger partial charge < -0.3 is 14.1 Å². The molecule has 0 bridgehead atoms. The number of nitrogens with zero attached hydrogens (tertiary/aromatic N) is 2. The fourth-order valence-electron chi connectivity index (χ4n) is 3.11. The van der Waals surface area contributed by atoms with Gasteiger partial charge in [0.1, 0.15) is 12.0 Å². The van der Waals surface area contributed by atoms with Crippen molar-refractivity contribution in [1.29, 1.82) is 0 Å². The molecular weight excluding hydrogens is 336 g/mol. The summed E-state index contributed by atoms with van der Waals surface area (Å²) in [5.41, 5.74) is 3.03. The molecule has 0 saturated carbocycles. The predicted octanol–water partition coefficient (Wildman–Crippen LogP) is 5.94. The highest BCUT2D eigenvalue weighted by Crippen LogP contribution is 2.29. The van der Waals surface area contributed by atoms with Crippen LogP contribution in [0.4, 0.5) is 5.69 Å². The molecule has 0 fully saturated rings. The first-order chi connectivity index (χ1) is 13.3. The lowest BCUT2D eigenvalue weighted by molar-refractivity contribution is 0.340. The van der Waals surface area contributed by atoms with Gasteiger partial charge in [0.15, 0.2) is 0 Å². The first-order valence-electron chi connectivity index (χ1n) is 9.78. The van der Waals surface area contributed by atoms with Crippen LogP contribution in [0.25, 0.3) is 11.5 Å². The Balaban J connectivity index is 1.78. The Morgan fingerprint density at radius 3 is 2.52 bits per heavy atom. The lowest BCUT2D eigenvalue weighted by Crippen LogP contribution is -2.24. The summed E-state index contributed by atoms with van der Waals surface area (Å²) >= 11 is 0. The average molecular weight is 364 g/mol. The second-order valence-electron chi connectivity index (χ2n) is 6.54. The molecule has 0 aliphatic rings. The number of anilines is 1. The summed E-state index contributed by atoms with van der Waals surface area (Å²) < 4.78 is 11.5. The minimum Gasteiger partial charge on any atom is -0.493 e. The number of ether oxygens (including phenoxy) is 1. The van der Waals surface area contributed by atoms with Crippen molar-refractivity contribution in [2.24, 2.45) is 0 Å². The third-order valence-electron chi connectivity index (χ3n) is 4.47. The quantitative estimate of drug-likeness (QED) is 0.417. The molecular formula is C23H28N2O2. The second-order valence-corrected chi connectivity index (χ2v) is 6.54. The Hall–Kier alpha value is -2.75. The summed E-state index contributed by atoms with van der Waals surface area (Å²) in [7, 11) is 0. The van der Waals surface area contributed by atoms with Crippen molar-refractivity contribution in [2.45, 2.75) is 39.7 Å². The molecule has 0 spiro atoms. The zero-order chi connectivity index (χ0) is 18.9. The molecule has 1 heterocycles. The van der Waals surface area contributed by atoms with Crippen molar-refractivity contribution in [3.63, 3.8) is 0 Å². The van der Waals surface area contributed by atoms with Crippen LogP contribution in [0.2, 0.25) is 0 Å². The molecule has 3 rings (SSSR count). The first kappa shape index (κ1) is 19.0. The molecule has 0 aliphatic carbocycles. The number of unbranched alkanes of at least 4 members (excludes halogenated alkanes) is 2. The van der Waals surface area contributed by atoms with Gasteiger partial charge in [0.05, 0.1) is 24.4 Å². The number of para-hydroxylation sites is 2. The minimum atomic E-state index is 0.607. The van der Waals surface area contributed by atoms with Crippen LogP contribution in [0.15, 0.2) is 65.3 Å². The number of rotatable bonds is 10. The van der Waals surface area contributed by atoms with E-state index in [-0.39, 0.29) is 0 Å². The van der Waals surface area contributed by atoms with Crippen molar-refractivity contribution in [3.05, 3.63) is 66.6 Å². The summed E-state index contributed by atoms with van der Waals surface area (Å²) in [5.74, 6) is 1.41. The van der Waals surface area contributed by atoms with Gasteiger partial charge >= 0.3 is 0 Å². The Labute approximate surface area is 161 Å². The number of benzene rings is 2. The van der Waals surface area contributed by atoms with E-state index < -0.39 is 0 Å². The standard InChI is InChI=1S/C23H28N2O2/c1-3-5-11-16-25(20-12-7-6-8-13-20)17-19-18-27-23(24-19)21-14-9-10-15-22(21)26-4-2/h6-10,12-15,18H,3-5,11,16-17H2,1-2H3. The molecule has 0 unspecified atom stereocenters. The molecule has 0 aliphatic heterocycles. The maximum Gasteiger partial charge on any atom is 0.229 e. The van der Waals surface area contributed by atoms with E-state index in [9.17, 15) is 0 Å². The number of hydrogen-bond donors (Lipinski definition) is 0. The van der Waals surface area contributed by atoms with Crippen LogP contribution < -0.4 is 9.64 Å². The third kappa shape index (κ3) is 5.13. The van der Waals surface area contributed by atoms with Gasteiger partial charge in [-0.15, -0.1) is 0 Å². The zero-order valence-electron chi connectivity index (χ0n) is 16.2. The van der Waals surface area contributed by atoms with Gasteiger partial charge in [0, 0.05) is 12.2 Å². The second kappa shape index (κ2) is 9.81. The fraction of sp³-hybridized carbons (Fsp3) is 0.348. The monoisotopic (exact) mass is 364 g/mol. The summed E-state index contributed by atoms with van der Waals surface area (Å²) in [4.78, 5) is 7.10.